The second-order valence-corrected chi connectivity index (χ2v) is 8.85. The van der Waals surface area contributed by atoms with Crippen molar-refractivity contribution in [2.45, 2.75) is 116 Å². The Kier molecular flexibility index (Phi) is 12.0. The minimum absolute atomic E-state index is 0.670. The van der Waals surface area contributed by atoms with Gasteiger partial charge in [0, 0.05) is 0 Å². The minimum Gasteiger partial charge on any atom is -0.0654 e. The third kappa shape index (κ3) is 8.80. The SMILES string of the molecule is CCCCCCCCCCCCCCCC[C@@H](C)c1cccc2ccccc12. The maximum Gasteiger partial charge on any atom is -0.0149 e. The van der Waals surface area contributed by atoms with Gasteiger partial charge in [-0.2, -0.15) is 0 Å². The van der Waals surface area contributed by atoms with Gasteiger partial charge >= 0.3 is 0 Å². The highest BCUT2D eigenvalue weighted by Gasteiger charge is 2.08. The van der Waals surface area contributed by atoms with Crippen LogP contribution in [0.3, 0.4) is 0 Å². The van der Waals surface area contributed by atoms with E-state index in [1.165, 1.54) is 113 Å². The monoisotopic (exact) mass is 380 g/mol. The van der Waals surface area contributed by atoms with Crippen molar-refractivity contribution < 1.29 is 0 Å². The number of unbranched alkanes of at least 4 members (excludes halogenated alkanes) is 13. The molecule has 0 aromatic heterocycles. The summed E-state index contributed by atoms with van der Waals surface area (Å²) in [5, 5.41) is 2.83. The smallest absolute Gasteiger partial charge is 0.0149 e. The molecule has 0 heterocycles. The van der Waals surface area contributed by atoms with Crippen LogP contribution in [0.15, 0.2) is 42.5 Å². The molecule has 2 rings (SSSR count). The molecular weight excluding hydrogens is 336 g/mol. The zero-order chi connectivity index (χ0) is 19.9. The van der Waals surface area contributed by atoms with Crippen LogP contribution in [0.1, 0.15) is 122 Å². The summed E-state index contributed by atoms with van der Waals surface area (Å²) in [6.45, 7) is 4.70. The number of fused-ring (bicyclic) bond motifs is 1. The average molecular weight is 381 g/mol. The molecule has 0 bridgehead atoms. The summed E-state index contributed by atoms with van der Waals surface area (Å²) in [7, 11) is 0. The van der Waals surface area contributed by atoms with Crippen LogP contribution in [0.25, 0.3) is 10.8 Å². The van der Waals surface area contributed by atoms with Gasteiger partial charge in [-0.05, 0) is 28.7 Å². The standard InChI is InChI=1S/C28H44/c1-3-4-5-6-7-8-9-10-11-12-13-14-15-16-20-25(2)27-24-19-22-26-21-17-18-23-28(26)27/h17-19,21-25H,3-16,20H2,1-2H3/t25-/m1/s1. The van der Waals surface area contributed by atoms with Gasteiger partial charge in [0.05, 0.1) is 0 Å². The van der Waals surface area contributed by atoms with Crippen molar-refractivity contribution in [3.8, 4) is 0 Å². The molecule has 0 unspecified atom stereocenters. The Morgan fingerprint density at radius 3 is 1.68 bits per heavy atom. The van der Waals surface area contributed by atoms with Crippen LogP contribution in [-0.4, -0.2) is 0 Å². The average Bonchev–Trinajstić information content (AvgIpc) is 2.73. The van der Waals surface area contributed by atoms with Crippen LogP contribution in [0, 0.1) is 0 Å². The van der Waals surface area contributed by atoms with E-state index in [0.29, 0.717) is 5.92 Å². The second kappa shape index (κ2) is 14.7. The molecule has 0 N–H and O–H groups in total. The van der Waals surface area contributed by atoms with Gasteiger partial charge in [0.2, 0.25) is 0 Å². The van der Waals surface area contributed by atoms with Gasteiger partial charge < -0.3 is 0 Å². The van der Waals surface area contributed by atoms with Crippen molar-refractivity contribution in [3.63, 3.8) is 0 Å². The zero-order valence-electron chi connectivity index (χ0n) is 18.7. The van der Waals surface area contributed by atoms with Crippen LogP contribution < -0.4 is 0 Å². The number of hydrogen-bond donors (Lipinski definition) is 0. The molecule has 0 spiro atoms. The summed E-state index contributed by atoms with van der Waals surface area (Å²) in [4.78, 5) is 0. The van der Waals surface area contributed by atoms with Crippen LogP contribution >= 0.6 is 0 Å². The highest BCUT2D eigenvalue weighted by molar-refractivity contribution is 5.86. The van der Waals surface area contributed by atoms with Crippen LogP contribution in [0.4, 0.5) is 0 Å². The fourth-order valence-electron chi connectivity index (χ4n) is 4.48. The molecule has 1 atom stereocenters. The summed E-state index contributed by atoms with van der Waals surface area (Å²) in [6, 6.07) is 15.6. The van der Waals surface area contributed by atoms with E-state index < -0.39 is 0 Å². The fourth-order valence-corrected chi connectivity index (χ4v) is 4.48. The van der Waals surface area contributed by atoms with E-state index in [4.69, 9.17) is 0 Å². The van der Waals surface area contributed by atoms with E-state index in [9.17, 15) is 0 Å². The molecule has 0 aliphatic carbocycles. The Hall–Kier alpha value is -1.30. The molecular formula is C28H44. The third-order valence-electron chi connectivity index (χ3n) is 6.34. The van der Waals surface area contributed by atoms with Gasteiger partial charge in [0.1, 0.15) is 0 Å². The molecule has 28 heavy (non-hydrogen) atoms. The van der Waals surface area contributed by atoms with Gasteiger partial charge in [0.15, 0.2) is 0 Å². The van der Waals surface area contributed by atoms with Gasteiger partial charge in [-0.15, -0.1) is 0 Å². The van der Waals surface area contributed by atoms with E-state index in [2.05, 4.69) is 56.3 Å². The number of hydrogen-bond acceptors (Lipinski definition) is 0. The molecule has 0 amide bonds. The van der Waals surface area contributed by atoms with Gasteiger partial charge in [-0.3, -0.25) is 0 Å². The Morgan fingerprint density at radius 1 is 0.571 bits per heavy atom. The molecule has 0 aliphatic rings. The summed E-state index contributed by atoms with van der Waals surface area (Å²) in [5.74, 6) is 0.670. The molecule has 0 saturated carbocycles. The van der Waals surface area contributed by atoms with Crippen LogP contribution in [0.2, 0.25) is 0 Å². The first-order chi connectivity index (χ1) is 13.8. The molecule has 2 aromatic rings. The largest absolute Gasteiger partial charge is 0.0654 e. The molecule has 156 valence electrons. The first-order valence-electron chi connectivity index (χ1n) is 12.3. The van der Waals surface area contributed by atoms with Crippen molar-refractivity contribution in [2.24, 2.45) is 0 Å². The zero-order valence-corrected chi connectivity index (χ0v) is 18.7. The lowest BCUT2D eigenvalue weighted by Crippen LogP contribution is -1.95. The molecule has 0 nitrogen and oxygen atoms in total. The number of rotatable bonds is 16. The normalized spacial score (nSPS) is 12.5. The summed E-state index contributed by atoms with van der Waals surface area (Å²) in [5.41, 5.74) is 1.53. The lowest BCUT2D eigenvalue weighted by Gasteiger charge is -2.14. The highest BCUT2D eigenvalue weighted by Crippen LogP contribution is 2.29. The van der Waals surface area contributed by atoms with Crippen LogP contribution in [0.5, 0.6) is 0 Å². The van der Waals surface area contributed by atoms with E-state index >= 15 is 0 Å². The van der Waals surface area contributed by atoms with Gasteiger partial charge in [-0.25, -0.2) is 0 Å². The van der Waals surface area contributed by atoms with E-state index in [1.54, 1.807) is 0 Å². The van der Waals surface area contributed by atoms with E-state index in [0.717, 1.165) is 0 Å². The maximum atomic E-state index is 2.41. The summed E-state index contributed by atoms with van der Waals surface area (Å²) in [6.07, 6.45) is 21.5. The van der Waals surface area contributed by atoms with Crippen molar-refractivity contribution in [1.82, 2.24) is 0 Å². The van der Waals surface area contributed by atoms with Crippen molar-refractivity contribution in [2.75, 3.05) is 0 Å². The Bertz CT molecular complexity index is 621. The second-order valence-electron chi connectivity index (χ2n) is 8.85. The molecule has 0 radical (unpaired) electrons. The first-order valence-corrected chi connectivity index (χ1v) is 12.3. The fraction of sp³-hybridized carbons (Fsp3) is 0.643. The van der Waals surface area contributed by atoms with Gasteiger partial charge in [-0.1, -0.05) is 146 Å². The van der Waals surface area contributed by atoms with E-state index in [-0.39, 0.29) is 0 Å². The Morgan fingerprint density at radius 2 is 1.07 bits per heavy atom. The quantitative estimate of drug-likeness (QED) is 0.254. The molecule has 0 aliphatic heterocycles. The summed E-state index contributed by atoms with van der Waals surface area (Å²) < 4.78 is 0. The molecule has 0 heteroatoms. The molecule has 0 fully saturated rings. The predicted octanol–water partition coefficient (Wildman–Crippen LogP) is 9.81. The molecule has 0 saturated heterocycles. The summed E-state index contributed by atoms with van der Waals surface area (Å²) >= 11 is 0. The van der Waals surface area contributed by atoms with Gasteiger partial charge in [0.25, 0.3) is 0 Å². The third-order valence-corrected chi connectivity index (χ3v) is 6.34. The minimum atomic E-state index is 0.670. The first kappa shape index (κ1) is 23.0. The predicted molar refractivity (Wildman–Crippen MR) is 127 cm³/mol. The van der Waals surface area contributed by atoms with Crippen LogP contribution in [-0.2, 0) is 0 Å². The van der Waals surface area contributed by atoms with Crippen molar-refractivity contribution in [3.05, 3.63) is 48.0 Å². The highest BCUT2D eigenvalue weighted by atomic mass is 14.1. The topological polar surface area (TPSA) is 0 Å². The van der Waals surface area contributed by atoms with Crippen molar-refractivity contribution in [1.29, 1.82) is 0 Å². The van der Waals surface area contributed by atoms with Crippen molar-refractivity contribution >= 4 is 10.8 Å². The lowest BCUT2D eigenvalue weighted by molar-refractivity contribution is 0.524. The Labute approximate surface area is 175 Å². The Balaban J connectivity index is 1.46. The number of benzene rings is 2. The van der Waals surface area contributed by atoms with E-state index in [1.807, 2.05) is 0 Å². The maximum absolute atomic E-state index is 2.41. The molecule has 2 aromatic carbocycles. The lowest BCUT2D eigenvalue weighted by atomic mass is 9.90.